The van der Waals surface area contributed by atoms with Gasteiger partial charge in [-0.15, -0.1) is 0 Å². The van der Waals surface area contributed by atoms with Crippen LogP contribution in [0.2, 0.25) is 0 Å². The van der Waals surface area contributed by atoms with Gasteiger partial charge in [0.1, 0.15) is 12.0 Å². The number of hydrogen-bond acceptors (Lipinski definition) is 7. The molecule has 1 heterocycles. The second-order valence-corrected chi connectivity index (χ2v) is 5.06. The number of nitrogens with zero attached hydrogens (tertiary/aromatic N) is 2. The van der Waals surface area contributed by atoms with Crippen LogP contribution in [0, 0.1) is 0 Å². The molecule has 1 aromatic heterocycles. The summed E-state index contributed by atoms with van der Waals surface area (Å²) >= 11 is 0. The maximum Gasteiger partial charge on any atom is 0.264 e. The normalized spacial score (nSPS) is 10.3. The Morgan fingerprint density at radius 2 is 1.84 bits per heavy atom. The van der Waals surface area contributed by atoms with Crippen molar-refractivity contribution >= 4 is 6.29 Å². The predicted molar refractivity (Wildman–Crippen MR) is 89.0 cm³/mol. The number of ether oxygens (including phenoxy) is 3. The fraction of sp³-hybridized carbons (Fsp3) is 0.167. The summed E-state index contributed by atoms with van der Waals surface area (Å²) in [6.45, 7) is 0.0574. The molecule has 0 aliphatic carbocycles. The highest BCUT2D eigenvalue weighted by molar-refractivity contribution is 5.76. The third kappa shape index (κ3) is 3.77. The molecule has 0 fully saturated rings. The number of aromatic nitrogens is 2. The van der Waals surface area contributed by atoms with Crippen molar-refractivity contribution in [3.05, 3.63) is 53.9 Å². The summed E-state index contributed by atoms with van der Waals surface area (Å²) in [5.41, 5.74) is 1.29. The summed E-state index contributed by atoms with van der Waals surface area (Å²) in [4.78, 5) is 15.2. The van der Waals surface area contributed by atoms with E-state index in [2.05, 4.69) is 10.1 Å². The van der Waals surface area contributed by atoms with Crippen molar-refractivity contribution in [3.8, 4) is 28.6 Å². The Hall–Kier alpha value is -3.35. The maximum absolute atomic E-state index is 10.9. The maximum atomic E-state index is 10.9. The summed E-state index contributed by atoms with van der Waals surface area (Å²) in [6, 6.07) is 12.2. The number of carbonyl (C=O) groups is 1. The zero-order chi connectivity index (χ0) is 17.6. The van der Waals surface area contributed by atoms with E-state index in [9.17, 15) is 4.79 Å². The molecule has 7 nitrogen and oxygen atoms in total. The van der Waals surface area contributed by atoms with Gasteiger partial charge in [0.2, 0.25) is 5.82 Å². The highest BCUT2D eigenvalue weighted by Crippen LogP contribution is 2.28. The van der Waals surface area contributed by atoms with Crippen molar-refractivity contribution in [2.75, 3.05) is 14.2 Å². The molecule has 0 spiro atoms. The lowest BCUT2D eigenvalue weighted by Gasteiger charge is -2.09. The minimum atomic E-state index is 0.0574. The molecular weight excluding hydrogens is 324 g/mol. The summed E-state index contributed by atoms with van der Waals surface area (Å²) in [6.07, 6.45) is 0.737. The van der Waals surface area contributed by atoms with Crippen LogP contribution in [0.25, 0.3) is 11.4 Å². The van der Waals surface area contributed by atoms with E-state index in [0.29, 0.717) is 28.8 Å². The molecular formula is C18H16N2O5. The van der Waals surface area contributed by atoms with Gasteiger partial charge >= 0.3 is 0 Å². The molecule has 3 rings (SSSR count). The second-order valence-electron chi connectivity index (χ2n) is 5.06. The molecule has 2 aromatic carbocycles. The van der Waals surface area contributed by atoms with E-state index in [1.807, 2.05) is 24.3 Å². The number of methoxy groups -OCH3 is 2. The number of benzene rings is 2. The van der Waals surface area contributed by atoms with E-state index in [1.54, 1.807) is 25.3 Å². The number of carbonyl (C=O) groups excluding carboxylic acids is 1. The summed E-state index contributed by atoms with van der Waals surface area (Å²) in [5, 5.41) is 3.94. The van der Waals surface area contributed by atoms with Crippen molar-refractivity contribution in [3.63, 3.8) is 0 Å². The number of aldehydes is 1. The van der Waals surface area contributed by atoms with Gasteiger partial charge in [-0.25, -0.2) is 0 Å². The summed E-state index contributed by atoms with van der Waals surface area (Å²) in [5.74, 6) is 2.45. The molecule has 0 bridgehead atoms. The molecule has 0 N–H and O–H groups in total. The third-order valence-corrected chi connectivity index (χ3v) is 3.49. The Morgan fingerprint density at radius 3 is 2.52 bits per heavy atom. The molecule has 7 heteroatoms. The summed E-state index contributed by atoms with van der Waals surface area (Å²) in [7, 11) is 3.13. The zero-order valence-corrected chi connectivity index (χ0v) is 13.8. The predicted octanol–water partition coefficient (Wildman–Crippen LogP) is 3.15. The minimum absolute atomic E-state index is 0.0574. The molecule has 0 aliphatic rings. The first-order chi connectivity index (χ1) is 12.2. The average molecular weight is 340 g/mol. The van der Waals surface area contributed by atoms with Crippen LogP contribution in [0.15, 0.2) is 47.0 Å². The van der Waals surface area contributed by atoms with Crippen molar-refractivity contribution in [2.45, 2.75) is 6.61 Å². The van der Waals surface area contributed by atoms with Gasteiger partial charge in [-0.05, 0) is 42.5 Å². The fourth-order valence-electron chi connectivity index (χ4n) is 2.19. The lowest BCUT2D eigenvalue weighted by molar-refractivity contribution is 0.112. The second kappa shape index (κ2) is 7.48. The Bertz CT molecular complexity index is 858. The minimum Gasteiger partial charge on any atom is -0.497 e. The number of rotatable bonds is 7. The van der Waals surface area contributed by atoms with Gasteiger partial charge in [0, 0.05) is 11.1 Å². The van der Waals surface area contributed by atoms with Gasteiger partial charge in [-0.1, -0.05) is 5.16 Å². The lowest BCUT2D eigenvalue weighted by Crippen LogP contribution is -1.99. The van der Waals surface area contributed by atoms with E-state index in [0.717, 1.165) is 17.6 Å². The third-order valence-electron chi connectivity index (χ3n) is 3.49. The first kappa shape index (κ1) is 16.5. The lowest BCUT2D eigenvalue weighted by atomic mass is 10.2. The van der Waals surface area contributed by atoms with Gasteiger partial charge in [0.05, 0.1) is 14.2 Å². The highest BCUT2D eigenvalue weighted by atomic mass is 16.5. The smallest absolute Gasteiger partial charge is 0.264 e. The molecule has 0 aliphatic heterocycles. The van der Waals surface area contributed by atoms with Gasteiger partial charge in [-0.2, -0.15) is 4.98 Å². The Morgan fingerprint density at radius 1 is 1.04 bits per heavy atom. The van der Waals surface area contributed by atoms with E-state index >= 15 is 0 Å². The Balaban J connectivity index is 1.72. The van der Waals surface area contributed by atoms with Crippen LogP contribution in [0.1, 0.15) is 16.2 Å². The van der Waals surface area contributed by atoms with Gasteiger partial charge in [0.15, 0.2) is 18.1 Å². The SMILES string of the molecule is COc1ccc(-c2noc(COc3cc(C=O)ccc3OC)n2)cc1. The van der Waals surface area contributed by atoms with E-state index < -0.39 is 0 Å². The monoisotopic (exact) mass is 340 g/mol. The molecule has 0 unspecified atom stereocenters. The fourth-order valence-corrected chi connectivity index (χ4v) is 2.19. The summed E-state index contributed by atoms with van der Waals surface area (Å²) < 4.78 is 21.2. The van der Waals surface area contributed by atoms with E-state index in [-0.39, 0.29) is 6.61 Å². The molecule has 0 saturated carbocycles. The van der Waals surface area contributed by atoms with Crippen LogP contribution >= 0.6 is 0 Å². The Labute approximate surface area is 144 Å². The van der Waals surface area contributed by atoms with E-state index in [1.165, 1.54) is 7.11 Å². The molecule has 0 atom stereocenters. The quantitative estimate of drug-likeness (QED) is 0.611. The van der Waals surface area contributed by atoms with Gasteiger partial charge < -0.3 is 18.7 Å². The largest absolute Gasteiger partial charge is 0.497 e. The average Bonchev–Trinajstić information content (AvgIpc) is 3.15. The van der Waals surface area contributed by atoms with Crippen LogP contribution in [-0.2, 0) is 6.61 Å². The van der Waals surface area contributed by atoms with Crippen molar-refractivity contribution < 1.29 is 23.5 Å². The standard InChI is InChI=1S/C18H16N2O5/c1-22-14-6-4-13(5-7-14)18-19-17(25-20-18)11-24-16-9-12(10-21)3-8-15(16)23-2/h3-10H,11H2,1-2H3. The molecule has 3 aromatic rings. The molecule has 0 amide bonds. The van der Waals surface area contributed by atoms with Crippen LogP contribution in [0.5, 0.6) is 17.2 Å². The van der Waals surface area contributed by atoms with Gasteiger partial charge in [-0.3, -0.25) is 4.79 Å². The zero-order valence-electron chi connectivity index (χ0n) is 13.8. The molecule has 25 heavy (non-hydrogen) atoms. The van der Waals surface area contributed by atoms with Crippen LogP contribution in [0.3, 0.4) is 0 Å². The van der Waals surface area contributed by atoms with Crippen LogP contribution < -0.4 is 14.2 Å². The van der Waals surface area contributed by atoms with Crippen molar-refractivity contribution in [1.29, 1.82) is 0 Å². The van der Waals surface area contributed by atoms with Gasteiger partial charge in [0.25, 0.3) is 5.89 Å². The highest BCUT2D eigenvalue weighted by Gasteiger charge is 2.11. The van der Waals surface area contributed by atoms with Crippen molar-refractivity contribution in [2.24, 2.45) is 0 Å². The van der Waals surface area contributed by atoms with Crippen LogP contribution in [0.4, 0.5) is 0 Å². The Kier molecular flexibility index (Phi) is 4.94. The number of hydrogen-bond donors (Lipinski definition) is 0. The van der Waals surface area contributed by atoms with Crippen LogP contribution in [-0.4, -0.2) is 30.6 Å². The molecule has 0 saturated heterocycles. The topological polar surface area (TPSA) is 83.7 Å². The first-order valence-corrected chi connectivity index (χ1v) is 7.46. The van der Waals surface area contributed by atoms with E-state index in [4.69, 9.17) is 18.7 Å². The molecule has 128 valence electrons. The molecule has 0 radical (unpaired) electrons. The van der Waals surface area contributed by atoms with Crippen molar-refractivity contribution in [1.82, 2.24) is 10.1 Å². The first-order valence-electron chi connectivity index (χ1n) is 7.46.